The molecule has 28 heavy (non-hydrogen) atoms. The molecule has 1 aliphatic heterocycles. The van der Waals surface area contributed by atoms with Gasteiger partial charge >= 0.3 is 0 Å². The molecular formula is C20H19N3O4S. The highest BCUT2D eigenvalue weighted by atomic mass is 32.2. The van der Waals surface area contributed by atoms with E-state index in [-0.39, 0.29) is 10.7 Å². The third-order valence-electron chi connectivity index (χ3n) is 4.72. The molecular weight excluding hydrogens is 378 g/mol. The van der Waals surface area contributed by atoms with Crippen LogP contribution in [-0.4, -0.2) is 25.9 Å². The highest BCUT2D eigenvalue weighted by Gasteiger charge is 2.31. The highest BCUT2D eigenvalue weighted by molar-refractivity contribution is 7.92. The number of carbonyl (C=O) groups is 1. The lowest BCUT2D eigenvalue weighted by atomic mass is 10.1. The van der Waals surface area contributed by atoms with Crippen molar-refractivity contribution in [1.29, 1.82) is 0 Å². The van der Waals surface area contributed by atoms with Crippen molar-refractivity contribution in [3.8, 4) is 0 Å². The van der Waals surface area contributed by atoms with Crippen LogP contribution in [0.2, 0.25) is 0 Å². The molecule has 7 nitrogen and oxygen atoms in total. The van der Waals surface area contributed by atoms with E-state index in [1.165, 1.54) is 22.8 Å². The van der Waals surface area contributed by atoms with E-state index in [4.69, 9.17) is 4.42 Å². The fourth-order valence-corrected chi connectivity index (χ4v) is 4.87. The number of fused-ring (bicyclic) bond motifs is 1. The van der Waals surface area contributed by atoms with Crippen LogP contribution < -0.4 is 9.62 Å². The van der Waals surface area contributed by atoms with E-state index in [0.717, 1.165) is 11.1 Å². The van der Waals surface area contributed by atoms with Crippen LogP contribution in [0, 0.1) is 13.8 Å². The molecule has 0 unspecified atom stereocenters. The first-order valence-electron chi connectivity index (χ1n) is 8.80. The predicted octanol–water partition coefficient (Wildman–Crippen LogP) is 3.30. The van der Waals surface area contributed by atoms with Crippen LogP contribution in [0.4, 0.5) is 11.4 Å². The van der Waals surface area contributed by atoms with Crippen molar-refractivity contribution in [2.75, 3.05) is 16.2 Å². The maximum absolute atomic E-state index is 13.2. The molecule has 144 valence electrons. The molecule has 3 aromatic rings. The van der Waals surface area contributed by atoms with Crippen molar-refractivity contribution in [1.82, 2.24) is 4.98 Å². The van der Waals surface area contributed by atoms with Gasteiger partial charge in [0.05, 0.1) is 16.3 Å². The van der Waals surface area contributed by atoms with Crippen LogP contribution in [0.15, 0.2) is 58.2 Å². The molecule has 0 spiro atoms. The third kappa shape index (κ3) is 3.16. The lowest BCUT2D eigenvalue weighted by Crippen LogP contribution is -2.29. The molecule has 0 fully saturated rings. The number of nitrogens with one attached hydrogen (secondary N) is 1. The predicted molar refractivity (Wildman–Crippen MR) is 105 cm³/mol. The number of rotatable bonds is 4. The SMILES string of the molecule is Cc1ccc2c(c1)CCN2S(=O)(=O)c1cccc(NC(=O)c2ocnc2C)c1. The van der Waals surface area contributed by atoms with Gasteiger partial charge in [-0.15, -0.1) is 0 Å². The number of hydrogen-bond acceptors (Lipinski definition) is 5. The van der Waals surface area contributed by atoms with Crippen LogP contribution in [0.1, 0.15) is 27.4 Å². The quantitative estimate of drug-likeness (QED) is 0.729. The van der Waals surface area contributed by atoms with Gasteiger partial charge in [0.15, 0.2) is 6.39 Å². The van der Waals surface area contributed by atoms with Gasteiger partial charge in [-0.1, -0.05) is 23.8 Å². The molecule has 0 bridgehead atoms. The molecule has 8 heteroatoms. The minimum Gasteiger partial charge on any atom is -0.438 e. The Morgan fingerprint density at radius 2 is 2.00 bits per heavy atom. The van der Waals surface area contributed by atoms with Crippen LogP contribution in [-0.2, 0) is 16.4 Å². The summed E-state index contributed by atoms with van der Waals surface area (Å²) in [6.45, 7) is 4.04. The first-order chi connectivity index (χ1) is 13.4. The Labute approximate surface area is 163 Å². The summed E-state index contributed by atoms with van der Waals surface area (Å²) in [7, 11) is -3.74. The smallest absolute Gasteiger partial charge is 0.293 e. The number of oxazole rings is 1. The topological polar surface area (TPSA) is 92.5 Å². The average Bonchev–Trinajstić information content (AvgIpc) is 3.28. The maximum Gasteiger partial charge on any atom is 0.293 e. The summed E-state index contributed by atoms with van der Waals surface area (Å²) < 4.78 is 32.9. The highest BCUT2D eigenvalue weighted by Crippen LogP contribution is 2.34. The van der Waals surface area contributed by atoms with Crippen molar-refractivity contribution in [2.24, 2.45) is 0 Å². The van der Waals surface area contributed by atoms with E-state index in [1.807, 2.05) is 25.1 Å². The van der Waals surface area contributed by atoms with Crippen molar-refractivity contribution >= 4 is 27.3 Å². The van der Waals surface area contributed by atoms with E-state index in [0.29, 0.717) is 30.0 Å². The number of carbonyl (C=O) groups excluding carboxylic acids is 1. The van der Waals surface area contributed by atoms with Crippen molar-refractivity contribution in [3.05, 3.63) is 71.4 Å². The lowest BCUT2D eigenvalue weighted by Gasteiger charge is -2.20. The second-order valence-corrected chi connectivity index (χ2v) is 8.57. The third-order valence-corrected chi connectivity index (χ3v) is 6.53. The van der Waals surface area contributed by atoms with Gasteiger partial charge in [-0.2, -0.15) is 0 Å². The number of nitrogens with zero attached hydrogens (tertiary/aromatic N) is 2. The molecule has 2 heterocycles. The summed E-state index contributed by atoms with van der Waals surface area (Å²) >= 11 is 0. The molecule has 1 aliphatic rings. The van der Waals surface area contributed by atoms with E-state index in [9.17, 15) is 13.2 Å². The normalized spacial score (nSPS) is 13.4. The van der Waals surface area contributed by atoms with Gasteiger partial charge in [-0.3, -0.25) is 9.10 Å². The van der Waals surface area contributed by atoms with Crippen LogP contribution in [0.5, 0.6) is 0 Å². The van der Waals surface area contributed by atoms with Crippen LogP contribution >= 0.6 is 0 Å². The number of aryl methyl sites for hydroxylation is 2. The largest absolute Gasteiger partial charge is 0.438 e. The molecule has 1 amide bonds. The summed E-state index contributed by atoms with van der Waals surface area (Å²) in [6.07, 6.45) is 1.87. The first-order valence-corrected chi connectivity index (χ1v) is 10.2. The molecule has 0 radical (unpaired) electrons. The Morgan fingerprint density at radius 1 is 1.18 bits per heavy atom. The number of aromatic nitrogens is 1. The van der Waals surface area contributed by atoms with Gasteiger partial charge in [0, 0.05) is 12.2 Å². The monoisotopic (exact) mass is 397 g/mol. The summed E-state index contributed by atoms with van der Waals surface area (Å²) in [5.41, 5.74) is 3.66. The number of amides is 1. The molecule has 1 aromatic heterocycles. The standard InChI is InChI=1S/C20H19N3O4S/c1-13-6-7-18-15(10-13)8-9-23(18)28(25,26)17-5-3-4-16(11-17)22-20(24)19-14(2)21-12-27-19/h3-7,10-12H,8-9H2,1-2H3,(H,22,24). The van der Waals surface area contributed by atoms with Gasteiger partial charge in [0.1, 0.15) is 0 Å². The van der Waals surface area contributed by atoms with E-state index in [2.05, 4.69) is 10.3 Å². The Bertz CT molecular complexity index is 1170. The second kappa shape index (κ2) is 6.79. The minimum absolute atomic E-state index is 0.0945. The first kappa shape index (κ1) is 18.2. The number of hydrogen-bond donors (Lipinski definition) is 1. The van der Waals surface area contributed by atoms with Crippen LogP contribution in [0.3, 0.4) is 0 Å². The van der Waals surface area contributed by atoms with Gasteiger partial charge in [-0.05, 0) is 50.1 Å². The Morgan fingerprint density at radius 3 is 2.75 bits per heavy atom. The Kier molecular flexibility index (Phi) is 4.43. The van der Waals surface area contributed by atoms with E-state index in [1.54, 1.807) is 19.1 Å². The number of sulfonamides is 1. The summed E-state index contributed by atoms with van der Waals surface area (Å²) in [4.78, 5) is 16.3. The number of anilines is 2. The summed E-state index contributed by atoms with van der Waals surface area (Å²) in [5, 5.41) is 2.66. The number of benzene rings is 2. The molecule has 0 aliphatic carbocycles. The van der Waals surface area contributed by atoms with E-state index >= 15 is 0 Å². The fraction of sp³-hybridized carbons (Fsp3) is 0.200. The molecule has 4 rings (SSSR count). The maximum atomic E-state index is 13.2. The van der Waals surface area contributed by atoms with Gasteiger partial charge in [0.25, 0.3) is 15.9 Å². The van der Waals surface area contributed by atoms with Gasteiger partial charge < -0.3 is 9.73 Å². The molecule has 1 N–H and O–H groups in total. The van der Waals surface area contributed by atoms with Gasteiger partial charge in [-0.25, -0.2) is 13.4 Å². The van der Waals surface area contributed by atoms with Crippen molar-refractivity contribution in [3.63, 3.8) is 0 Å². The summed E-state index contributed by atoms with van der Waals surface area (Å²) in [6, 6.07) is 12.0. The zero-order valence-corrected chi connectivity index (χ0v) is 16.3. The zero-order valence-electron chi connectivity index (χ0n) is 15.5. The Balaban J connectivity index is 1.63. The Hall–Kier alpha value is -3.13. The van der Waals surface area contributed by atoms with Crippen LogP contribution in [0.25, 0.3) is 0 Å². The van der Waals surface area contributed by atoms with E-state index < -0.39 is 15.9 Å². The lowest BCUT2D eigenvalue weighted by molar-refractivity contribution is 0.0996. The molecule has 0 saturated heterocycles. The zero-order chi connectivity index (χ0) is 19.9. The van der Waals surface area contributed by atoms with Crippen molar-refractivity contribution in [2.45, 2.75) is 25.2 Å². The van der Waals surface area contributed by atoms with Crippen molar-refractivity contribution < 1.29 is 17.6 Å². The second-order valence-electron chi connectivity index (χ2n) is 6.71. The summed E-state index contributed by atoms with van der Waals surface area (Å²) in [5.74, 6) is -0.386. The molecule has 0 atom stereocenters. The molecule has 2 aromatic carbocycles. The minimum atomic E-state index is -3.74. The molecule has 0 saturated carbocycles. The average molecular weight is 397 g/mol. The fourth-order valence-electron chi connectivity index (χ4n) is 3.32. The van der Waals surface area contributed by atoms with Gasteiger partial charge in [0.2, 0.25) is 5.76 Å².